The van der Waals surface area contributed by atoms with E-state index in [9.17, 15) is 78.3 Å². The number of hydrogen-bond acceptors (Lipinski definition) is 21. The van der Waals surface area contributed by atoms with Crippen LogP contribution in [0.25, 0.3) is 22.3 Å². The smallest absolute Gasteiger partial charge is 0.343 e. The number of cyclic esters (lactones) is 1. The number of ether oxygens (including phenoxy) is 3. The summed E-state index contributed by atoms with van der Waals surface area (Å²) in [4.78, 5) is 153. The SMILES string of the molecule is CC[C@@]1(O)C(=O)OCc2c1cc1n(c2=O)Cc2c-1nc1cc(F)c(C)c3c1c2[C@@H](N(C)CCOCNC(=O)CNC(=O)[C@H](Cc1ccccc1)NC(=O)CNC(=O)CC(CCC(=O)NC[C@@H]1O[C@H](CO)[C@@H](O)[C@H](O)[C@H]1O)(NC(=O)CCCCCN1C(=O)C=CC1=O)C(N)=O)CC3. The third kappa shape index (κ3) is 15.6. The van der Waals surface area contributed by atoms with Gasteiger partial charge in [-0.25, -0.2) is 14.2 Å². The van der Waals surface area contributed by atoms with Crippen molar-refractivity contribution in [2.24, 2.45) is 5.73 Å². The van der Waals surface area contributed by atoms with Crippen LogP contribution >= 0.6 is 0 Å². The average Bonchev–Trinajstić information content (AvgIpc) is 1.47. The minimum Gasteiger partial charge on any atom is -0.458 e. The minimum atomic E-state index is -2.26. The normalized spacial score (nSPS) is 21.7. The highest BCUT2D eigenvalue weighted by atomic mass is 19.1. The molecule has 9 amide bonds. The number of imide groups is 1. The summed E-state index contributed by atoms with van der Waals surface area (Å²) in [6.07, 6.45) is -5.80. The van der Waals surface area contributed by atoms with Gasteiger partial charge in [0.05, 0.1) is 61.7 Å². The predicted octanol–water partition coefficient (Wildman–Crippen LogP) is -2.55. The first-order valence-corrected chi connectivity index (χ1v) is 31.7. The molecule has 1 aliphatic carbocycles. The monoisotopic (exact) mass is 1340 g/mol. The first-order valence-electron chi connectivity index (χ1n) is 31.7. The number of aromatic nitrogens is 2. The zero-order valence-electron chi connectivity index (χ0n) is 53.3. The molecule has 13 N–H and O–H groups in total. The molecule has 0 radical (unpaired) electrons. The van der Waals surface area contributed by atoms with Gasteiger partial charge in [0.25, 0.3) is 17.4 Å². The van der Waals surface area contributed by atoms with Crippen LogP contribution in [0.4, 0.5) is 4.39 Å². The van der Waals surface area contributed by atoms with Crippen LogP contribution in [0.1, 0.15) is 110 Å². The van der Waals surface area contributed by atoms with Crippen molar-refractivity contribution in [3.8, 4) is 11.4 Å². The van der Waals surface area contributed by atoms with Crippen molar-refractivity contribution in [1.82, 2.24) is 51.3 Å². The van der Waals surface area contributed by atoms with Crippen molar-refractivity contribution in [2.45, 2.75) is 151 Å². The number of aliphatic hydroxyl groups excluding tert-OH is 4. The van der Waals surface area contributed by atoms with Gasteiger partial charge in [0.1, 0.15) is 61.3 Å². The fourth-order valence-corrected chi connectivity index (χ4v) is 12.9. The van der Waals surface area contributed by atoms with E-state index in [2.05, 4.69) is 36.8 Å². The van der Waals surface area contributed by atoms with Crippen molar-refractivity contribution in [3.05, 3.63) is 110 Å². The van der Waals surface area contributed by atoms with E-state index in [1.165, 1.54) is 6.07 Å². The van der Waals surface area contributed by atoms with Gasteiger partial charge in [-0.05, 0) is 80.8 Å². The zero-order valence-corrected chi connectivity index (χ0v) is 53.3. The fourth-order valence-electron chi connectivity index (χ4n) is 12.9. The summed E-state index contributed by atoms with van der Waals surface area (Å²) in [5.41, 5.74) is 6.20. The Morgan fingerprint density at radius 3 is 2.29 bits per heavy atom. The van der Waals surface area contributed by atoms with Crippen LogP contribution in [0, 0.1) is 12.7 Å². The Kier molecular flexibility index (Phi) is 22.9. The van der Waals surface area contributed by atoms with Crippen LogP contribution in [0.15, 0.2) is 59.4 Å². The number of aliphatic hydroxyl groups is 5. The number of pyridine rings is 2. The quantitative estimate of drug-likeness (QED) is 0.00941. The maximum atomic E-state index is 15.5. The maximum absolute atomic E-state index is 15.5. The summed E-state index contributed by atoms with van der Waals surface area (Å²) in [5.74, 6) is -8.38. The molecule has 30 nitrogen and oxygen atoms in total. The number of likely N-dealkylation sites (N-methyl/N-ethyl adjacent to an activating group) is 1. The molecule has 1 saturated heterocycles. The Morgan fingerprint density at radius 2 is 1.58 bits per heavy atom. The summed E-state index contributed by atoms with van der Waals surface area (Å²) < 4.78 is 33.6. The molecule has 2 aromatic heterocycles. The molecule has 9 rings (SSSR count). The number of carbonyl (C=O) groups excluding carboxylic acids is 10. The number of nitrogens with zero attached hydrogens (tertiary/aromatic N) is 4. The molecule has 31 heteroatoms. The first kappa shape index (κ1) is 71.3. The number of nitrogens with one attached hydrogen (secondary N) is 6. The molecule has 516 valence electrons. The second kappa shape index (κ2) is 30.8. The highest BCUT2D eigenvalue weighted by molar-refractivity contribution is 6.12. The second-order valence-electron chi connectivity index (χ2n) is 24.6. The number of esters is 1. The van der Waals surface area contributed by atoms with Gasteiger partial charge in [-0.2, -0.15) is 0 Å². The summed E-state index contributed by atoms with van der Waals surface area (Å²) in [7, 11) is 1.89. The molecule has 1 fully saturated rings. The number of halogens is 1. The van der Waals surface area contributed by atoms with E-state index in [1.807, 2.05) is 7.05 Å². The van der Waals surface area contributed by atoms with Crippen molar-refractivity contribution < 1.29 is 92.1 Å². The van der Waals surface area contributed by atoms with Gasteiger partial charge in [0, 0.05) is 79.7 Å². The molecule has 96 heavy (non-hydrogen) atoms. The molecule has 0 spiro atoms. The molecule has 9 atom stereocenters. The molecule has 0 saturated carbocycles. The van der Waals surface area contributed by atoms with E-state index in [-0.39, 0.29) is 75.9 Å². The molecule has 1 unspecified atom stereocenters. The van der Waals surface area contributed by atoms with Gasteiger partial charge in [-0.1, -0.05) is 43.7 Å². The van der Waals surface area contributed by atoms with Crippen LogP contribution in [0.5, 0.6) is 0 Å². The van der Waals surface area contributed by atoms with E-state index in [0.29, 0.717) is 60.3 Å². The van der Waals surface area contributed by atoms with E-state index >= 15 is 4.39 Å². The predicted molar refractivity (Wildman–Crippen MR) is 335 cm³/mol. The molecule has 4 aliphatic heterocycles. The summed E-state index contributed by atoms with van der Waals surface area (Å²) >= 11 is 0. The van der Waals surface area contributed by atoms with Crippen LogP contribution in [-0.2, 0) is 93.8 Å². The van der Waals surface area contributed by atoms with Crippen molar-refractivity contribution >= 4 is 70.0 Å². The van der Waals surface area contributed by atoms with Crippen LogP contribution in [-0.4, -0.2) is 206 Å². The lowest BCUT2D eigenvalue weighted by molar-refractivity contribution is -0.227. The Hall–Kier alpha value is -8.95. The van der Waals surface area contributed by atoms with Gasteiger partial charge in [-0.3, -0.25) is 57.7 Å². The van der Waals surface area contributed by atoms with E-state index in [1.54, 1.807) is 54.8 Å². The van der Waals surface area contributed by atoms with Crippen LogP contribution in [0.3, 0.4) is 0 Å². The van der Waals surface area contributed by atoms with E-state index in [0.717, 1.165) is 39.1 Å². The number of nitrogens with two attached hydrogens (primary N) is 1. The molecular weight excluding hydrogens is 1260 g/mol. The Bertz CT molecular complexity index is 3770. The second-order valence-corrected chi connectivity index (χ2v) is 24.6. The molecule has 0 bridgehead atoms. The topological polar surface area (TPSA) is 439 Å². The van der Waals surface area contributed by atoms with Crippen molar-refractivity contribution in [2.75, 3.05) is 59.7 Å². The van der Waals surface area contributed by atoms with E-state index in [4.69, 9.17) is 24.9 Å². The van der Waals surface area contributed by atoms with Gasteiger partial charge in [0.15, 0.2) is 5.60 Å². The van der Waals surface area contributed by atoms with Crippen molar-refractivity contribution in [1.29, 1.82) is 0 Å². The molecule has 5 aliphatic rings. The lowest BCUT2D eigenvalue weighted by Crippen LogP contribution is -2.61. The highest BCUT2D eigenvalue weighted by Gasteiger charge is 2.47. The zero-order chi connectivity index (χ0) is 69.3. The Morgan fingerprint density at radius 1 is 0.865 bits per heavy atom. The standard InChI is InChI=1S/C65H80FN11O19/c1-4-65(93)39-24-44-56-37(30-77(44)61(90)38(39)32-95-63(65)92)55-43(15-14-36-34(2)40(66)25-41(73-56)54(36)55)75(3)21-22-94-33-71-50(82)28-70-60(89)42(23-35-11-7-5-8-12-35)72-51(83)29-69-49(81)26-64(62(67)91,74-48(80)13-9-6-10-20-76-52(84)16-17-53(76)85)19-18-47(79)68-27-45-57(86)59(88)58(87)46(31-78)96-45/h5,7-8,11-12,16-17,24-25,42-43,45-46,57-59,78,86-88,93H,4,6,9-10,13-15,18-23,26-33H2,1-3H3,(H2,67,91)(H,68,79)(H,69,81)(H,70,89)(H,71,82)(H,72,83)(H,74,80)/t42-,43-,45-,46+,57-,58+,59+,64?,65-/m0/s1. The number of fused-ring (bicyclic) bond motifs is 5. The van der Waals surface area contributed by atoms with Gasteiger partial charge < -0.3 is 81.9 Å². The van der Waals surface area contributed by atoms with Crippen molar-refractivity contribution in [3.63, 3.8) is 0 Å². The number of unbranched alkanes of at least 4 members (excludes halogenated alkanes) is 2. The highest BCUT2D eigenvalue weighted by Crippen LogP contribution is 2.47. The Labute approximate surface area is 549 Å². The summed E-state index contributed by atoms with van der Waals surface area (Å²) in [6.45, 7) is 0.938. The third-order valence-electron chi connectivity index (χ3n) is 18.4. The minimum absolute atomic E-state index is 0.0399. The number of benzene rings is 2. The van der Waals surface area contributed by atoms with Gasteiger partial charge in [-0.15, -0.1) is 0 Å². The first-order chi connectivity index (χ1) is 45.8. The maximum Gasteiger partial charge on any atom is 0.343 e. The number of amides is 9. The number of aryl methyl sites for hydroxylation is 1. The van der Waals surface area contributed by atoms with Crippen LogP contribution in [0.2, 0.25) is 0 Å². The molecule has 2 aromatic carbocycles. The average molecular weight is 1340 g/mol. The van der Waals surface area contributed by atoms with Crippen LogP contribution < -0.4 is 43.2 Å². The summed E-state index contributed by atoms with van der Waals surface area (Å²) in [5, 5.41) is 67.6. The lowest BCUT2D eigenvalue weighted by atomic mass is 9.81. The lowest BCUT2D eigenvalue weighted by Gasteiger charge is -2.40. The number of primary amides is 1. The number of rotatable bonds is 31. The largest absolute Gasteiger partial charge is 0.458 e. The molecule has 4 aromatic rings. The number of carbonyl (C=O) groups is 10. The third-order valence-corrected chi connectivity index (χ3v) is 18.4. The summed E-state index contributed by atoms with van der Waals surface area (Å²) in [6, 6.07) is 9.95. The molecule has 6 heterocycles. The fraction of sp³-hybridized carbons (Fsp3) is 0.508. The van der Waals surface area contributed by atoms with Gasteiger partial charge >= 0.3 is 5.97 Å². The number of hydrogen-bond donors (Lipinski definition) is 12. The molecular formula is C65H80FN11O19. The van der Waals surface area contributed by atoms with E-state index < -0.39 is 164 Å². The van der Waals surface area contributed by atoms with Gasteiger partial charge in [0.2, 0.25) is 41.4 Å². The Balaban J connectivity index is 0.781.